The van der Waals surface area contributed by atoms with Gasteiger partial charge in [-0.25, -0.2) is 4.98 Å². The number of hydrogen-bond donors (Lipinski definition) is 0. The Labute approximate surface area is 153 Å². The third-order valence-electron chi connectivity index (χ3n) is 4.28. The third-order valence-corrected chi connectivity index (χ3v) is 4.55. The van der Waals surface area contributed by atoms with Crippen molar-refractivity contribution in [1.82, 2.24) is 4.98 Å². The zero-order valence-corrected chi connectivity index (χ0v) is 14.8. The fraction of sp³-hybridized carbons (Fsp3) is 0.333. The minimum atomic E-state index is -4.51. The molecule has 3 rings (SSSR count). The molecule has 1 heterocycles. The first-order chi connectivity index (χ1) is 12.3. The summed E-state index contributed by atoms with van der Waals surface area (Å²) in [4.78, 5) is 8.74. The number of rotatable bonds is 5. The Bertz CT molecular complexity index is 822. The van der Waals surface area contributed by atoms with Gasteiger partial charge in [-0.1, -0.05) is 28.9 Å². The lowest BCUT2D eigenvalue weighted by molar-refractivity contribution is -0.137. The van der Waals surface area contributed by atoms with Gasteiger partial charge >= 0.3 is 6.18 Å². The summed E-state index contributed by atoms with van der Waals surface area (Å²) in [5, 5.41) is 3.75. The summed E-state index contributed by atoms with van der Waals surface area (Å²) in [5.74, 6) is 1.20. The smallest absolute Gasteiger partial charge is 0.417 e. The number of benzene rings is 1. The van der Waals surface area contributed by atoms with Crippen LogP contribution < -0.4 is 9.57 Å². The van der Waals surface area contributed by atoms with Crippen molar-refractivity contribution in [2.24, 2.45) is 11.1 Å². The lowest BCUT2D eigenvalue weighted by Gasteiger charge is -2.08. The van der Waals surface area contributed by atoms with Crippen LogP contribution in [0.1, 0.15) is 30.4 Å². The molecule has 0 N–H and O–H groups in total. The Morgan fingerprint density at radius 3 is 2.54 bits per heavy atom. The van der Waals surface area contributed by atoms with E-state index in [1.807, 2.05) is 31.2 Å². The number of nitrogens with zero attached hydrogens (tertiary/aromatic N) is 2. The Morgan fingerprint density at radius 2 is 1.96 bits per heavy atom. The van der Waals surface area contributed by atoms with E-state index in [0.717, 1.165) is 23.9 Å². The summed E-state index contributed by atoms with van der Waals surface area (Å²) in [7, 11) is 1.61. The summed E-state index contributed by atoms with van der Waals surface area (Å²) < 4.78 is 43.0. The van der Waals surface area contributed by atoms with Gasteiger partial charge in [-0.05, 0) is 43.0 Å². The van der Waals surface area contributed by atoms with Gasteiger partial charge in [-0.15, -0.1) is 0 Å². The van der Waals surface area contributed by atoms with E-state index >= 15 is 0 Å². The Balaban J connectivity index is 1.64. The zero-order valence-electron chi connectivity index (χ0n) is 14.0. The van der Waals surface area contributed by atoms with Crippen molar-refractivity contribution in [1.29, 1.82) is 0 Å². The van der Waals surface area contributed by atoms with Crippen LogP contribution in [0.3, 0.4) is 0 Å². The van der Waals surface area contributed by atoms with Gasteiger partial charge < -0.3 is 9.57 Å². The standard InChI is InChI=1S/C18H16ClF3N2O2/c1-10(14-8-15(14)11-3-5-13(25-2)6-4-11)24-26-17-16(19)7-12(9-23-17)18(20,21)22/h3-7,9,14-15H,8H2,1-2H3/b24-10-/t14-,15+/m1/s1. The molecule has 1 saturated carbocycles. The summed E-state index contributed by atoms with van der Waals surface area (Å²) in [6, 6.07) is 8.59. The van der Waals surface area contributed by atoms with Crippen LogP contribution in [0.25, 0.3) is 0 Å². The number of alkyl halides is 3. The molecule has 0 aliphatic heterocycles. The number of aromatic nitrogens is 1. The number of ether oxygens (including phenoxy) is 1. The molecule has 2 aromatic rings. The molecule has 0 spiro atoms. The van der Waals surface area contributed by atoms with Crippen molar-refractivity contribution in [3.8, 4) is 11.6 Å². The molecular formula is C18H16ClF3N2O2. The average Bonchev–Trinajstić information content (AvgIpc) is 3.40. The molecule has 1 aliphatic carbocycles. The monoisotopic (exact) mass is 384 g/mol. The Kier molecular flexibility index (Phi) is 5.09. The van der Waals surface area contributed by atoms with Crippen LogP contribution >= 0.6 is 11.6 Å². The molecule has 1 fully saturated rings. The highest BCUT2D eigenvalue weighted by molar-refractivity contribution is 6.31. The van der Waals surface area contributed by atoms with E-state index in [9.17, 15) is 13.2 Å². The van der Waals surface area contributed by atoms with E-state index in [-0.39, 0.29) is 16.8 Å². The van der Waals surface area contributed by atoms with Crippen LogP contribution in [0.2, 0.25) is 5.02 Å². The highest BCUT2D eigenvalue weighted by Crippen LogP contribution is 2.48. The first-order valence-electron chi connectivity index (χ1n) is 7.87. The molecule has 1 aromatic carbocycles. The van der Waals surface area contributed by atoms with Gasteiger partial charge in [0.2, 0.25) is 0 Å². The summed E-state index contributed by atoms with van der Waals surface area (Å²) in [5.41, 5.74) is 0.983. The fourth-order valence-corrected chi connectivity index (χ4v) is 2.91. The molecule has 138 valence electrons. The number of halogens is 4. The molecule has 4 nitrogen and oxygen atoms in total. The maximum absolute atomic E-state index is 12.6. The SMILES string of the molecule is COc1ccc([C@@H]2C[C@@H]2/C(C)=N\Oc2ncc(C(F)(F)F)cc2Cl)cc1. The van der Waals surface area contributed by atoms with E-state index in [4.69, 9.17) is 21.2 Å². The van der Waals surface area contributed by atoms with Crippen molar-refractivity contribution in [2.75, 3.05) is 7.11 Å². The highest BCUT2D eigenvalue weighted by atomic mass is 35.5. The first-order valence-corrected chi connectivity index (χ1v) is 8.25. The Morgan fingerprint density at radius 1 is 1.27 bits per heavy atom. The lowest BCUT2D eigenvalue weighted by atomic mass is 10.1. The van der Waals surface area contributed by atoms with E-state index in [0.29, 0.717) is 12.1 Å². The zero-order chi connectivity index (χ0) is 18.9. The second-order valence-corrected chi connectivity index (χ2v) is 6.46. The molecule has 0 amide bonds. The van der Waals surface area contributed by atoms with Crippen molar-refractivity contribution in [2.45, 2.75) is 25.4 Å². The second kappa shape index (κ2) is 7.15. The van der Waals surface area contributed by atoms with Gasteiger partial charge in [0.1, 0.15) is 10.8 Å². The van der Waals surface area contributed by atoms with E-state index in [2.05, 4.69) is 10.1 Å². The summed E-state index contributed by atoms with van der Waals surface area (Å²) in [6.07, 6.45) is -2.91. The topological polar surface area (TPSA) is 43.7 Å². The second-order valence-electron chi connectivity index (χ2n) is 6.05. The van der Waals surface area contributed by atoms with Crippen molar-refractivity contribution in [3.05, 3.63) is 52.7 Å². The van der Waals surface area contributed by atoms with Crippen LogP contribution in [0, 0.1) is 5.92 Å². The van der Waals surface area contributed by atoms with E-state index in [1.165, 1.54) is 5.56 Å². The molecule has 1 aliphatic rings. The average molecular weight is 385 g/mol. The molecule has 2 atom stereocenters. The fourth-order valence-electron chi connectivity index (χ4n) is 2.71. The van der Waals surface area contributed by atoms with Gasteiger partial charge in [-0.2, -0.15) is 13.2 Å². The van der Waals surface area contributed by atoms with Crippen LogP contribution in [0.5, 0.6) is 11.6 Å². The molecule has 1 aromatic heterocycles. The third kappa shape index (κ3) is 4.09. The first kappa shape index (κ1) is 18.5. The normalized spacial score (nSPS) is 20.0. The van der Waals surface area contributed by atoms with Crippen molar-refractivity contribution >= 4 is 17.3 Å². The molecule has 0 unspecified atom stereocenters. The van der Waals surface area contributed by atoms with Gasteiger partial charge in [0, 0.05) is 12.1 Å². The number of oxime groups is 1. The Hall–Kier alpha value is -2.28. The van der Waals surface area contributed by atoms with Gasteiger partial charge in [0.25, 0.3) is 5.88 Å². The minimum absolute atomic E-state index is 0.152. The molecule has 0 bridgehead atoms. The molecule has 0 radical (unpaired) electrons. The quantitative estimate of drug-likeness (QED) is 0.517. The minimum Gasteiger partial charge on any atom is -0.497 e. The lowest BCUT2D eigenvalue weighted by Crippen LogP contribution is -2.06. The number of methoxy groups -OCH3 is 1. The highest BCUT2D eigenvalue weighted by Gasteiger charge is 2.41. The predicted molar refractivity (Wildman–Crippen MR) is 91.8 cm³/mol. The van der Waals surface area contributed by atoms with Crippen LogP contribution in [0.4, 0.5) is 13.2 Å². The summed E-state index contributed by atoms with van der Waals surface area (Å²) >= 11 is 5.80. The number of hydrogen-bond acceptors (Lipinski definition) is 4. The van der Waals surface area contributed by atoms with Gasteiger partial charge in [0.05, 0.1) is 18.4 Å². The molecule has 0 saturated heterocycles. The number of pyridine rings is 1. The van der Waals surface area contributed by atoms with Crippen molar-refractivity contribution in [3.63, 3.8) is 0 Å². The van der Waals surface area contributed by atoms with Crippen LogP contribution in [-0.4, -0.2) is 17.8 Å². The molecule has 26 heavy (non-hydrogen) atoms. The van der Waals surface area contributed by atoms with Crippen LogP contribution in [-0.2, 0) is 6.18 Å². The van der Waals surface area contributed by atoms with Gasteiger partial charge in [-0.3, -0.25) is 0 Å². The van der Waals surface area contributed by atoms with Gasteiger partial charge in [0.15, 0.2) is 0 Å². The predicted octanol–water partition coefficient (Wildman–Crippen LogP) is 5.32. The largest absolute Gasteiger partial charge is 0.497 e. The maximum Gasteiger partial charge on any atom is 0.417 e. The maximum atomic E-state index is 12.6. The summed E-state index contributed by atoms with van der Waals surface area (Å²) in [6.45, 7) is 1.81. The molecular weight excluding hydrogens is 369 g/mol. The van der Waals surface area contributed by atoms with E-state index < -0.39 is 11.7 Å². The molecule has 8 heteroatoms. The van der Waals surface area contributed by atoms with E-state index in [1.54, 1.807) is 7.11 Å². The van der Waals surface area contributed by atoms with Crippen molar-refractivity contribution < 1.29 is 22.7 Å². The van der Waals surface area contributed by atoms with Crippen LogP contribution in [0.15, 0.2) is 41.7 Å².